The fourth-order valence-electron chi connectivity index (χ4n) is 1.88. The molecule has 1 saturated heterocycles. The Labute approximate surface area is 97.2 Å². The van der Waals surface area contributed by atoms with Crippen molar-refractivity contribution in [1.29, 1.82) is 0 Å². The summed E-state index contributed by atoms with van der Waals surface area (Å²) in [7, 11) is 0. The van der Waals surface area contributed by atoms with Gasteiger partial charge in [-0.15, -0.1) is 0 Å². The molecule has 0 spiro atoms. The Morgan fingerprint density at radius 3 is 1.25 bits per heavy atom. The van der Waals surface area contributed by atoms with Crippen molar-refractivity contribution in [2.24, 2.45) is 0 Å². The van der Waals surface area contributed by atoms with Crippen molar-refractivity contribution in [1.82, 2.24) is 10.6 Å². The SMILES string of the molecule is O=C1NCCCCCCCCCCNC1=O. The molecule has 0 aliphatic carbocycles. The number of carbonyl (C=O) groups excluding carboxylic acids is 2. The van der Waals surface area contributed by atoms with E-state index in [9.17, 15) is 9.59 Å². The van der Waals surface area contributed by atoms with Crippen LogP contribution in [-0.2, 0) is 9.59 Å². The molecule has 16 heavy (non-hydrogen) atoms. The van der Waals surface area contributed by atoms with E-state index in [0.717, 1.165) is 25.7 Å². The van der Waals surface area contributed by atoms with Crippen LogP contribution in [0.25, 0.3) is 0 Å². The molecule has 0 bridgehead atoms. The maximum absolute atomic E-state index is 11.3. The van der Waals surface area contributed by atoms with Gasteiger partial charge in [-0.2, -0.15) is 0 Å². The van der Waals surface area contributed by atoms with Gasteiger partial charge in [-0.1, -0.05) is 38.5 Å². The van der Waals surface area contributed by atoms with Crippen molar-refractivity contribution in [3.05, 3.63) is 0 Å². The lowest BCUT2D eigenvalue weighted by Crippen LogP contribution is -2.40. The van der Waals surface area contributed by atoms with Crippen molar-refractivity contribution < 1.29 is 9.59 Å². The Hall–Kier alpha value is -1.06. The van der Waals surface area contributed by atoms with Crippen molar-refractivity contribution in [2.45, 2.75) is 51.4 Å². The average molecular weight is 226 g/mol. The van der Waals surface area contributed by atoms with Crippen LogP contribution >= 0.6 is 0 Å². The van der Waals surface area contributed by atoms with Gasteiger partial charge in [0.2, 0.25) is 0 Å². The second-order valence-electron chi connectivity index (χ2n) is 4.34. The number of amides is 2. The minimum atomic E-state index is -0.489. The number of nitrogens with one attached hydrogen (secondary N) is 2. The van der Waals surface area contributed by atoms with E-state index in [4.69, 9.17) is 0 Å². The standard InChI is InChI=1S/C12H22N2O2/c15-11-12(16)14-10-8-6-4-2-1-3-5-7-9-13-11/h1-10H2,(H,13,15)(H,14,16). The first kappa shape index (κ1) is 13.0. The summed E-state index contributed by atoms with van der Waals surface area (Å²) in [6.45, 7) is 1.23. The first-order valence-electron chi connectivity index (χ1n) is 6.37. The summed E-state index contributed by atoms with van der Waals surface area (Å²) in [6.07, 6.45) is 9.28. The summed E-state index contributed by atoms with van der Waals surface area (Å²) in [6, 6.07) is 0. The van der Waals surface area contributed by atoms with E-state index in [-0.39, 0.29) is 0 Å². The number of rotatable bonds is 0. The molecule has 0 aromatic carbocycles. The van der Waals surface area contributed by atoms with Crippen molar-refractivity contribution >= 4 is 11.8 Å². The van der Waals surface area contributed by atoms with Crippen molar-refractivity contribution in [3.8, 4) is 0 Å². The number of hydrogen-bond acceptors (Lipinski definition) is 2. The molecule has 0 atom stereocenters. The highest BCUT2D eigenvalue weighted by atomic mass is 16.2. The predicted molar refractivity (Wildman–Crippen MR) is 63.0 cm³/mol. The molecule has 2 N–H and O–H groups in total. The molecule has 1 aliphatic heterocycles. The Balaban J connectivity index is 2.27. The van der Waals surface area contributed by atoms with Crippen LogP contribution < -0.4 is 10.6 Å². The fraction of sp³-hybridized carbons (Fsp3) is 0.833. The second-order valence-corrected chi connectivity index (χ2v) is 4.34. The minimum Gasteiger partial charge on any atom is -0.348 e. The van der Waals surface area contributed by atoms with Gasteiger partial charge in [0.1, 0.15) is 0 Å². The molecular formula is C12H22N2O2. The van der Waals surface area contributed by atoms with Gasteiger partial charge in [0.05, 0.1) is 0 Å². The van der Waals surface area contributed by atoms with E-state index < -0.39 is 11.8 Å². The first-order valence-corrected chi connectivity index (χ1v) is 6.37. The van der Waals surface area contributed by atoms with Crippen LogP contribution in [-0.4, -0.2) is 24.9 Å². The monoisotopic (exact) mass is 226 g/mol. The molecule has 1 fully saturated rings. The lowest BCUT2D eigenvalue weighted by molar-refractivity contribution is -0.139. The molecule has 1 rings (SSSR count). The number of hydrogen-bond donors (Lipinski definition) is 2. The van der Waals surface area contributed by atoms with Gasteiger partial charge in [-0.05, 0) is 12.8 Å². The van der Waals surface area contributed by atoms with Crippen LogP contribution in [0.2, 0.25) is 0 Å². The first-order chi connectivity index (χ1) is 7.80. The summed E-state index contributed by atoms with van der Waals surface area (Å²) in [5.41, 5.74) is 0. The molecule has 2 amide bonds. The molecule has 0 aromatic heterocycles. The topological polar surface area (TPSA) is 58.2 Å². The van der Waals surface area contributed by atoms with Crippen LogP contribution in [0.1, 0.15) is 51.4 Å². The maximum atomic E-state index is 11.3. The summed E-state index contributed by atoms with van der Waals surface area (Å²) in [5.74, 6) is -0.978. The third kappa shape index (κ3) is 5.73. The fourth-order valence-corrected chi connectivity index (χ4v) is 1.88. The van der Waals surface area contributed by atoms with Gasteiger partial charge < -0.3 is 10.6 Å². The third-order valence-corrected chi connectivity index (χ3v) is 2.88. The Morgan fingerprint density at radius 1 is 0.562 bits per heavy atom. The van der Waals surface area contributed by atoms with Gasteiger partial charge in [-0.25, -0.2) is 0 Å². The quantitative estimate of drug-likeness (QED) is 0.613. The van der Waals surface area contributed by atoms with Gasteiger partial charge in [0.25, 0.3) is 0 Å². The highest BCUT2D eigenvalue weighted by molar-refractivity contribution is 6.35. The third-order valence-electron chi connectivity index (χ3n) is 2.88. The molecule has 1 heterocycles. The van der Waals surface area contributed by atoms with E-state index in [0.29, 0.717) is 13.1 Å². The van der Waals surface area contributed by atoms with Gasteiger partial charge >= 0.3 is 11.8 Å². The summed E-state index contributed by atoms with van der Waals surface area (Å²) in [4.78, 5) is 22.5. The van der Waals surface area contributed by atoms with E-state index in [2.05, 4.69) is 10.6 Å². The zero-order valence-electron chi connectivity index (χ0n) is 9.89. The van der Waals surface area contributed by atoms with Crippen LogP contribution in [0.3, 0.4) is 0 Å². The van der Waals surface area contributed by atoms with E-state index in [1.54, 1.807) is 0 Å². The molecule has 4 heteroatoms. The molecule has 4 nitrogen and oxygen atoms in total. The predicted octanol–water partition coefficient (Wildman–Crippen LogP) is 1.35. The Morgan fingerprint density at radius 2 is 0.875 bits per heavy atom. The second kappa shape index (κ2) is 8.13. The van der Waals surface area contributed by atoms with Crippen LogP contribution in [0, 0.1) is 0 Å². The molecule has 0 saturated carbocycles. The van der Waals surface area contributed by atoms with Crippen molar-refractivity contribution in [2.75, 3.05) is 13.1 Å². The highest BCUT2D eigenvalue weighted by Gasteiger charge is 2.11. The number of carbonyl (C=O) groups is 2. The van der Waals surface area contributed by atoms with E-state index in [1.165, 1.54) is 25.7 Å². The average Bonchev–Trinajstić information content (AvgIpc) is 2.29. The van der Waals surface area contributed by atoms with Gasteiger partial charge in [-0.3, -0.25) is 9.59 Å². The van der Waals surface area contributed by atoms with Crippen LogP contribution in [0.5, 0.6) is 0 Å². The lowest BCUT2D eigenvalue weighted by atomic mass is 10.1. The molecule has 0 aromatic rings. The van der Waals surface area contributed by atoms with Gasteiger partial charge in [0, 0.05) is 13.1 Å². The normalized spacial score (nSPS) is 21.8. The largest absolute Gasteiger partial charge is 0.348 e. The van der Waals surface area contributed by atoms with Gasteiger partial charge in [0.15, 0.2) is 0 Å². The van der Waals surface area contributed by atoms with Crippen molar-refractivity contribution in [3.63, 3.8) is 0 Å². The minimum absolute atomic E-state index is 0.489. The summed E-state index contributed by atoms with van der Waals surface area (Å²) in [5, 5.41) is 5.27. The Bertz CT molecular complexity index is 205. The van der Waals surface area contributed by atoms with Crippen LogP contribution in [0.4, 0.5) is 0 Å². The maximum Gasteiger partial charge on any atom is 0.309 e. The highest BCUT2D eigenvalue weighted by Crippen LogP contribution is 2.08. The Kier molecular flexibility index (Phi) is 6.61. The summed E-state index contributed by atoms with van der Waals surface area (Å²) < 4.78 is 0. The molecule has 1 aliphatic rings. The smallest absolute Gasteiger partial charge is 0.309 e. The summed E-state index contributed by atoms with van der Waals surface area (Å²) >= 11 is 0. The zero-order valence-corrected chi connectivity index (χ0v) is 9.89. The van der Waals surface area contributed by atoms with E-state index in [1.807, 2.05) is 0 Å². The molecule has 0 radical (unpaired) electrons. The zero-order chi connectivity index (χ0) is 11.6. The lowest BCUT2D eigenvalue weighted by Gasteiger charge is -2.08. The van der Waals surface area contributed by atoms with E-state index >= 15 is 0 Å². The molecule has 92 valence electrons. The van der Waals surface area contributed by atoms with Crippen LogP contribution in [0.15, 0.2) is 0 Å². The molecule has 0 unspecified atom stereocenters. The molecular weight excluding hydrogens is 204 g/mol.